The van der Waals surface area contributed by atoms with E-state index in [9.17, 15) is 4.39 Å². The topological polar surface area (TPSA) is 0 Å². The minimum absolute atomic E-state index is 0.118. The van der Waals surface area contributed by atoms with Crippen LogP contribution in [0.25, 0.3) is 0 Å². The van der Waals surface area contributed by atoms with E-state index in [0.717, 1.165) is 17.8 Å². The molecule has 0 N–H and O–H groups in total. The summed E-state index contributed by atoms with van der Waals surface area (Å²) >= 11 is 0. The van der Waals surface area contributed by atoms with Gasteiger partial charge >= 0.3 is 0 Å². The zero-order valence-corrected chi connectivity index (χ0v) is 15.9. The molecule has 0 nitrogen and oxygen atoms in total. The Morgan fingerprint density at radius 1 is 0.840 bits per heavy atom. The molecular weight excluding hydrogens is 307 g/mol. The van der Waals surface area contributed by atoms with Gasteiger partial charge in [-0.1, -0.05) is 35.9 Å². The summed E-state index contributed by atoms with van der Waals surface area (Å²) in [6, 6.07) is 7.21. The number of allylic oxidation sites excluding steroid dienone is 4. The van der Waals surface area contributed by atoms with E-state index >= 15 is 0 Å². The molecule has 0 unspecified atom stereocenters. The molecule has 0 atom stereocenters. The Bertz CT molecular complexity index is 575. The molecular formula is C24H33F. The van der Waals surface area contributed by atoms with Crippen molar-refractivity contribution in [1.82, 2.24) is 0 Å². The van der Waals surface area contributed by atoms with Crippen molar-refractivity contribution in [2.24, 2.45) is 17.8 Å². The standard InChI is InChI=1S/C24H33F/c1-18(2)4-3-5-19-6-8-20(9-7-19)21-10-12-22(13-11-21)23-14-16-24(25)17-15-23/h3-5,14-17,19-22H,6-13H2,1-2H3. The van der Waals surface area contributed by atoms with E-state index in [1.165, 1.54) is 62.5 Å². The average Bonchev–Trinajstić information content (AvgIpc) is 2.63. The fraction of sp³-hybridized carbons (Fsp3) is 0.583. The summed E-state index contributed by atoms with van der Waals surface area (Å²) in [6.07, 6.45) is 17.8. The van der Waals surface area contributed by atoms with Gasteiger partial charge in [0.2, 0.25) is 0 Å². The summed E-state index contributed by atoms with van der Waals surface area (Å²) in [5, 5.41) is 0. The van der Waals surface area contributed by atoms with Gasteiger partial charge < -0.3 is 0 Å². The van der Waals surface area contributed by atoms with Crippen LogP contribution >= 0.6 is 0 Å². The highest BCUT2D eigenvalue weighted by Crippen LogP contribution is 2.44. The molecule has 2 aliphatic rings. The zero-order valence-electron chi connectivity index (χ0n) is 15.9. The van der Waals surface area contributed by atoms with Gasteiger partial charge in [-0.25, -0.2) is 4.39 Å². The van der Waals surface area contributed by atoms with Gasteiger partial charge in [0, 0.05) is 0 Å². The van der Waals surface area contributed by atoms with Crippen molar-refractivity contribution in [3.63, 3.8) is 0 Å². The zero-order chi connectivity index (χ0) is 17.6. The molecule has 0 spiro atoms. The number of benzene rings is 1. The number of hydrogen-bond acceptors (Lipinski definition) is 0. The molecule has 3 rings (SSSR count). The van der Waals surface area contributed by atoms with Crippen molar-refractivity contribution in [3.05, 3.63) is 59.4 Å². The number of rotatable bonds is 4. The molecule has 0 amide bonds. The lowest BCUT2D eigenvalue weighted by atomic mass is 9.68. The molecule has 1 aromatic carbocycles. The van der Waals surface area contributed by atoms with Gasteiger partial charge in [0.1, 0.15) is 5.82 Å². The largest absolute Gasteiger partial charge is 0.207 e. The lowest BCUT2D eigenvalue weighted by Gasteiger charge is -2.37. The van der Waals surface area contributed by atoms with Crippen LogP contribution in [-0.4, -0.2) is 0 Å². The van der Waals surface area contributed by atoms with E-state index in [2.05, 4.69) is 32.1 Å². The SMILES string of the molecule is CC(C)=CC=CC1CCC(C2CCC(c3ccc(F)cc3)CC2)CC1. The Morgan fingerprint density at radius 2 is 1.40 bits per heavy atom. The predicted octanol–water partition coefficient (Wildman–Crippen LogP) is 7.43. The van der Waals surface area contributed by atoms with E-state index in [4.69, 9.17) is 0 Å². The Kier molecular flexibility index (Phi) is 6.51. The monoisotopic (exact) mass is 340 g/mol. The van der Waals surface area contributed by atoms with E-state index in [1.807, 2.05) is 12.1 Å². The molecule has 0 aromatic heterocycles. The van der Waals surface area contributed by atoms with Crippen LogP contribution < -0.4 is 0 Å². The summed E-state index contributed by atoms with van der Waals surface area (Å²) in [5.41, 5.74) is 2.72. The van der Waals surface area contributed by atoms with E-state index in [1.54, 1.807) is 12.1 Å². The minimum Gasteiger partial charge on any atom is -0.207 e. The maximum atomic E-state index is 13.1. The molecule has 0 aliphatic heterocycles. The first-order chi connectivity index (χ1) is 12.1. The second-order valence-electron chi connectivity index (χ2n) is 8.47. The maximum absolute atomic E-state index is 13.1. The molecule has 2 fully saturated rings. The van der Waals surface area contributed by atoms with Crippen molar-refractivity contribution >= 4 is 0 Å². The van der Waals surface area contributed by atoms with Gasteiger partial charge in [-0.2, -0.15) is 0 Å². The summed E-state index contributed by atoms with van der Waals surface area (Å²) in [6.45, 7) is 4.31. The highest BCUT2D eigenvalue weighted by Gasteiger charge is 2.30. The predicted molar refractivity (Wildman–Crippen MR) is 105 cm³/mol. The number of halogens is 1. The quantitative estimate of drug-likeness (QED) is 0.500. The minimum atomic E-state index is -0.118. The molecule has 1 aromatic rings. The van der Waals surface area contributed by atoms with Gasteiger partial charge in [-0.05, 0) is 107 Å². The Morgan fingerprint density at radius 3 is 1.96 bits per heavy atom. The average molecular weight is 341 g/mol. The Balaban J connectivity index is 1.44. The summed E-state index contributed by atoms with van der Waals surface area (Å²) in [4.78, 5) is 0. The Labute approximate surface area is 153 Å². The second kappa shape index (κ2) is 8.83. The molecule has 0 bridgehead atoms. The molecule has 0 saturated heterocycles. The van der Waals surface area contributed by atoms with Crippen LogP contribution in [0.3, 0.4) is 0 Å². The van der Waals surface area contributed by atoms with Crippen LogP contribution in [0, 0.1) is 23.6 Å². The van der Waals surface area contributed by atoms with Crippen molar-refractivity contribution in [2.75, 3.05) is 0 Å². The lowest BCUT2D eigenvalue weighted by Crippen LogP contribution is -2.25. The van der Waals surface area contributed by atoms with Crippen LogP contribution in [0.15, 0.2) is 48.1 Å². The van der Waals surface area contributed by atoms with Crippen molar-refractivity contribution < 1.29 is 4.39 Å². The fourth-order valence-corrected chi connectivity index (χ4v) is 4.87. The third kappa shape index (κ3) is 5.30. The summed E-state index contributed by atoms with van der Waals surface area (Å²) in [7, 11) is 0. The fourth-order valence-electron chi connectivity index (χ4n) is 4.87. The molecule has 0 radical (unpaired) electrons. The first kappa shape index (κ1) is 18.4. The van der Waals surface area contributed by atoms with Crippen LogP contribution in [0.4, 0.5) is 4.39 Å². The van der Waals surface area contributed by atoms with Crippen LogP contribution in [0.1, 0.15) is 76.7 Å². The lowest BCUT2D eigenvalue weighted by molar-refractivity contribution is 0.171. The van der Waals surface area contributed by atoms with Gasteiger partial charge in [0.15, 0.2) is 0 Å². The summed E-state index contributed by atoms with van der Waals surface area (Å²) in [5.74, 6) is 3.21. The highest BCUT2D eigenvalue weighted by atomic mass is 19.1. The molecule has 136 valence electrons. The molecule has 2 saturated carbocycles. The van der Waals surface area contributed by atoms with Crippen molar-refractivity contribution in [1.29, 1.82) is 0 Å². The van der Waals surface area contributed by atoms with Crippen LogP contribution in [-0.2, 0) is 0 Å². The molecule has 25 heavy (non-hydrogen) atoms. The van der Waals surface area contributed by atoms with Crippen LogP contribution in [0.2, 0.25) is 0 Å². The number of hydrogen-bond donors (Lipinski definition) is 0. The highest BCUT2D eigenvalue weighted by molar-refractivity contribution is 5.21. The molecule has 2 aliphatic carbocycles. The van der Waals surface area contributed by atoms with Gasteiger partial charge in [-0.3, -0.25) is 0 Å². The maximum Gasteiger partial charge on any atom is 0.123 e. The Hall–Kier alpha value is -1.37. The van der Waals surface area contributed by atoms with E-state index < -0.39 is 0 Å². The van der Waals surface area contributed by atoms with Crippen molar-refractivity contribution in [3.8, 4) is 0 Å². The molecule has 1 heteroatoms. The second-order valence-corrected chi connectivity index (χ2v) is 8.47. The first-order valence-corrected chi connectivity index (χ1v) is 10.2. The van der Waals surface area contributed by atoms with E-state index in [0.29, 0.717) is 5.92 Å². The van der Waals surface area contributed by atoms with Gasteiger partial charge in [0.05, 0.1) is 0 Å². The van der Waals surface area contributed by atoms with Gasteiger partial charge in [-0.15, -0.1) is 0 Å². The van der Waals surface area contributed by atoms with E-state index in [-0.39, 0.29) is 5.82 Å². The van der Waals surface area contributed by atoms with Gasteiger partial charge in [0.25, 0.3) is 0 Å². The van der Waals surface area contributed by atoms with Crippen molar-refractivity contribution in [2.45, 2.75) is 71.1 Å². The first-order valence-electron chi connectivity index (χ1n) is 10.2. The van der Waals surface area contributed by atoms with Crippen LogP contribution in [0.5, 0.6) is 0 Å². The third-order valence-corrected chi connectivity index (χ3v) is 6.41. The third-order valence-electron chi connectivity index (χ3n) is 6.41. The smallest absolute Gasteiger partial charge is 0.123 e. The normalized spacial score (nSPS) is 30.4. The molecule has 0 heterocycles. The summed E-state index contributed by atoms with van der Waals surface area (Å²) < 4.78 is 13.1.